The zero-order chi connectivity index (χ0) is 18.1. The van der Waals surface area contributed by atoms with Crippen LogP contribution in [0.2, 0.25) is 0 Å². The molecule has 0 aromatic heterocycles. The van der Waals surface area contributed by atoms with Crippen molar-refractivity contribution in [3.8, 4) is 0 Å². The quantitative estimate of drug-likeness (QED) is 0.865. The third kappa shape index (κ3) is 3.30. The highest BCUT2D eigenvalue weighted by molar-refractivity contribution is 5.95. The summed E-state index contributed by atoms with van der Waals surface area (Å²) in [5, 5.41) is 12.6. The molecule has 2 atom stereocenters. The third-order valence-corrected chi connectivity index (χ3v) is 6.32. The number of anilines is 2. The minimum absolute atomic E-state index is 0.133. The van der Waals surface area contributed by atoms with Crippen molar-refractivity contribution in [3.05, 3.63) is 24.3 Å². The Kier molecular flexibility index (Phi) is 4.85. The van der Waals surface area contributed by atoms with E-state index < -0.39 is 17.8 Å². The lowest BCUT2D eigenvalue weighted by Gasteiger charge is -2.45. The number of benzene rings is 1. The van der Waals surface area contributed by atoms with Crippen LogP contribution in [0.3, 0.4) is 0 Å². The predicted octanol–water partition coefficient (Wildman–Crippen LogP) is 2.60. The summed E-state index contributed by atoms with van der Waals surface area (Å²) in [5.41, 5.74) is 1.85. The molecule has 140 valence electrons. The van der Waals surface area contributed by atoms with Gasteiger partial charge in [-0.25, -0.2) is 0 Å². The standard InChI is InChI=1S/C20H26N2O4/c23-19(17-13-1-3-14(4-2-13)18(17)20(24)25)21-15-5-7-16(8-6-15)22-9-11-26-12-10-22/h5-8,13-14,17-18H,1-4,9-12H2,(H,21,23)(H,24,25). The van der Waals surface area contributed by atoms with Gasteiger partial charge in [0.2, 0.25) is 5.91 Å². The van der Waals surface area contributed by atoms with Crippen LogP contribution in [-0.2, 0) is 14.3 Å². The largest absolute Gasteiger partial charge is 0.481 e. The van der Waals surface area contributed by atoms with Gasteiger partial charge in [-0.2, -0.15) is 0 Å². The van der Waals surface area contributed by atoms with E-state index in [1.165, 1.54) is 0 Å². The monoisotopic (exact) mass is 358 g/mol. The summed E-state index contributed by atoms with van der Waals surface area (Å²) in [6.07, 6.45) is 3.84. The summed E-state index contributed by atoms with van der Waals surface area (Å²) in [4.78, 5) is 26.9. The average Bonchev–Trinajstić information content (AvgIpc) is 2.69. The highest BCUT2D eigenvalue weighted by atomic mass is 16.5. The Morgan fingerprint density at radius 1 is 0.962 bits per heavy atom. The van der Waals surface area contributed by atoms with Gasteiger partial charge in [0.1, 0.15) is 0 Å². The number of nitrogens with zero attached hydrogens (tertiary/aromatic N) is 1. The molecule has 1 amide bonds. The molecule has 1 heterocycles. The lowest BCUT2D eigenvalue weighted by Crippen LogP contribution is -2.49. The molecule has 26 heavy (non-hydrogen) atoms. The molecule has 6 heteroatoms. The topological polar surface area (TPSA) is 78.9 Å². The number of nitrogens with one attached hydrogen (secondary N) is 1. The van der Waals surface area contributed by atoms with E-state index in [1.54, 1.807) is 0 Å². The summed E-state index contributed by atoms with van der Waals surface area (Å²) in [5.74, 6) is -1.53. The zero-order valence-electron chi connectivity index (χ0n) is 14.9. The van der Waals surface area contributed by atoms with Crippen molar-refractivity contribution in [3.63, 3.8) is 0 Å². The molecule has 3 aliphatic carbocycles. The number of rotatable bonds is 4. The second-order valence-electron chi connectivity index (χ2n) is 7.70. The van der Waals surface area contributed by atoms with Gasteiger partial charge in [-0.1, -0.05) is 0 Å². The van der Waals surface area contributed by atoms with Gasteiger partial charge in [0.05, 0.1) is 25.0 Å². The number of fused-ring (bicyclic) bond motifs is 3. The molecule has 2 bridgehead atoms. The van der Waals surface area contributed by atoms with Crippen LogP contribution in [-0.4, -0.2) is 43.3 Å². The van der Waals surface area contributed by atoms with Gasteiger partial charge in [0, 0.05) is 24.5 Å². The summed E-state index contributed by atoms with van der Waals surface area (Å²) >= 11 is 0. The first-order valence-corrected chi connectivity index (χ1v) is 9.60. The van der Waals surface area contributed by atoms with Crippen molar-refractivity contribution in [1.29, 1.82) is 0 Å². The molecular weight excluding hydrogens is 332 g/mol. The van der Waals surface area contributed by atoms with Crippen LogP contribution in [0.25, 0.3) is 0 Å². The smallest absolute Gasteiger partial charge is 0.307 e. The molecule has 6 nitrogen and oxygen atoms in total. The van der Waals surface area contributed by atoms with Crippen LogP contribution < -0.4 is 10.2 Å². The van der Waals surface area contributed by atoms with Gasteiger partial charge < -0.3 is 20.1 Å². The molecule has 0 spiro atoms. The van der Waals surface area contributed by atoms with Crippen LogP contribution in [0.1, 0.15) is 25.7 Å². The summed E-state index contributed by atoms with van der Waals surface area (Å²) in [6.45, 7) is 3.22. The van der Waals surface area contributed by atoms with Gasteiger partial charge in [-0.15, -0.1) is 0 Å². The van der Waals surface area contributed by atoms with E-state index in [9.17, 15) is 14.7 Å². The van der Waals surface area contributed by atoms with Crippen molar-refractivity contribution in [2.75, 3.05) is 36.5 Å². The van der Waals surface area contributed by atoms with Crippen LogP contribution in [0.15, 0.2) is 24.3 Å². The Labute approximate surface area is 153 Å². The van der Waals surface area contributed by atoms with Crippen molar-refractivity contribution in [1.82, 2.24) is 0 Å². The lowest BCUT2D eigenvalue weighted by atomic mass is 9.58. The Morgan fingerprint density at radius 3 is 2.12 bits per heavy atom. The maximum absolute atomic E-state index is 12.9. The normalized spacial score (nSPS) is 30.8. The molecule has 4 aliphatic rings. The number of carbonyl (C=O) groups is 2. The number of ether oxygens (including phenoxy) is 1. The number of hydrogen-bond acceptors (Lipinski definition) is 4. The summed E-state index contributed by atoms with van der Waals surface area (Å²) < 4.78 is 5.37. The van der Waals surface area contributed by atoms with E-state index >= 15 is 0 Å². The molecular formula is C20H26N2O4. The number of carbonyl (C=O) groups excluding carboxylic acids is 1. The Morgan fingerprint density at radius 2 is 1.54 bits per heavy atom. The molecule has 1 aliphatic heterocycles. The van der Waals surface area contributed by atoms with Crippen molar-refractivity contribution >= 4 is 23.3 Å². The fourth-order valence-corrected chi connectivity index (χ4v) is 4.98. The minimum Gasteiger partial charge on any atom is -0.481 e. The fraction of sp³-hybridized carbons (Fsp3) is 0.600. The molecule has 2 unspecified atom stereocenters. The van der Waals surface area contributed by atoms with E-state index in [0.717, 1.165) is 63.4 Å². The molecule has 0 radical (unpaired) electrons. The number of hydrogen-bond donors (Lipinski definition) is 2. The van der Waals surface area contributed by atoms with Gasteiger partial charge in [-0.05, 0) is 61.8 Å². The summed E-state index contributed by atoms with van der Waals surface area (Å²) in [7, 11) is 0. The molecule has 5 rings (SSSR count). The highest BCUT2D eigenvalue weighted by Gasteiger charge is 2.50. The van der Waals surface area contributed by atoms with E-state index in [2.05, 4.69) is 10.2 Å². The van der Waals surface area contributed by atoms with Gasteiger partial charge in [0.15, 0.2) is 0 Å². The van der Waals surface area contributed by atoms with Gasteiger partial charge >= 0.3 is 5.97 Å². The second-order valence-corrected chi connectivity index (χ2v) is 7.70. The number of morpholine rings is 1. The molecule has 3 saturated carbocycles. The average molecular weight is 358 g/mol. The molecule has 2 N–H and O–H groups in total. The van der Waals surface area contributed by atoms with Crippen molar-refractivity contribution in [2.45, 2.75) is 25.7 Å². The Bertz CT molecular complexity index is 661. The molecule has 1 aromatic rings. The zero-order valence-corrected chi connectivity index (χ0v) is 14.9. The Hall–Kier alpha value is -2.08. The van der Waals surface area contributed by atoms with Crippen molar-refractivity contribution in [2.24, 2.45) is 23.7 Å². The summed E-state index contributed by atoms with van der Waals surface area (Å²) in [6, 6.07) is 7.81. The maximum atomic E-state index is 12.9. The van der Waals surface area contributed by atoms with Crippen LogP contribution in [0.5, 0.6) is 0 Å². The second kappa shape index (κ2) is 7.27. The highest BCUT2D eigenvalue weighted by Crippen LogP contribution is 2.49. The number of carboxylic acids is 1. The van der Waals surface area contributed by atoms with Crippen LogP contribution in [0.4, 0.5) is 11.4 Å². The maximum Gasteiger partial charge on any atom is 0.307 e. The van der Waals surface area contributed by atoms with Crippen molar-refractivity contribution < 1.29 is 19.4 Å². The van der Waals surface area contributed by atoms with Crippen LogP contribution >= 0.6 is 0 Å². The Balaban J connectivity index is 1.44. The first kappa shape index (κ1) is 17.3. The van der Waals surface area contributed by atoms with Gasteiger partial charge in [0.25, 0.3) is 0 Å². The minimum atomic E-state index is -0.817. The molecule has 1 saturated heterocycles. The number of carboxylic acid groups (broad SMARTS) is 1. The first-order valence-electron chi connectivity index (χ1n) is 9.60. The number of aliphatic carboxylic acids is 1. The van der Waals surface area contributed by atoms with E-state index in [4.69, 9.17) is 4.74 Å². The SMILES string of the molecule is O=C(O)C1C2CCC(CC2)C1C(=O)Nc1ccc(N2CCOCC2)cc1. The fourth-order valence-electron chi connectivity index (χ4n) is 4.98. The lowest BCUT2D eigenvalue weighted by molar-refractivity contribution is -0.156. The predicted molar refractivity (Wildman–Crippen MR) is 98.2 cm³/mol. The van der Waals surface area contributed by atoms with Gasteiger partial charge in [-0.3, -0.25) is 9.59 Å². The molecule has 4 fully saturated rings. The van der Waals surface area contributed by atoms with E-state index in [1.807, 2.05) is 24.3 Å². The van der Waals surface area contributed by atoms with Crippen LogP contribution in [0, 0.1) is 23.7 Å². The van der Waals surface area contributed by atoms with E-state index in [-0.39, 0.29) is 17.7 Å². The third-order valence-electron chi connectivity index (χ3n) is 6.32. The molecule has 1 aromatic carbocycles. The first-order chi connectivity index (χ1) is 12.6. The van der Waals surface area contributed by atoms with E-state index in [0.29, 0.717) is 0 Å². The number of amides is 1.